The van der Waals surface area contributed by atoms with Gasteiger partial charge in [-0.1, -0.05) is 6.07 Å². The summed E-state index contributed by atoms with van der Waals surface area (Å²) < 4.78 is 21.4. The van der Waals surface area contributed by atoms with E-state index in [0.717, 1.165) is 18.7 Å². The molecule has 1 fully saturated rings. The Balaban J connectivity index is 1.51. The van der Waals surface area contributed by atoms with Crippen LogP contribution in [0.5, 0.6) is 5.75 Å². The number of hydrogen-bond donors (Lipinski definition) is 2. The van der Waals surface area contributed by atoms with E-state index < -0.39 is 5.82 Å². The lowest BCUT2D eigenvalue weighted by atomic mass is 10.1. The van der Waals surface area contributed by atoms with Crippen LogP contribution in [-0.2, 0) is 13.6 Å². The number of rotatable bonds is 7. The minimum Gasteiger partial charge on any atom is -0.490 e. The van der Waals surface area contributed by atoms with Crippen LogP contribution < -0.4 is 15.4 Å². The SMILES string of the molecule is C[C@H](NC(=O)NCc1nccn1C)c1ccc(OCC2CC2)c(F)c1. The molecule has 1 aliphatic carbocycles. The number of hydrogen-bond acceptors (Lipinski definition) is 3. The van der Waals surface area contributed by atoms with E-state index in [1.165, 1.54) is 6.07 Å². The zero-order valence-electron chi connectivity index (χ0n) is 14.5. The number of benzene rings is 1. The Labute approximate surface area is 146 Å². The predicted molar refractivity (Wildman–Crippen MR) is 91.6 cm³/mol. The van der Waals surface area contributed by atoms with Crippen LogP contribution in [0.2, 0.25) is 0 Å². The molecule has 0 spiro atoms. The third kappa shape index (κ3) is 4.71. The first-order chi connectivity index (χ1) is 12.0. The first kappa shape index (κ1) is 17.3. The van der Waals surface area contributed by atoms with E-state index in [1.54, 1.807) is 25.3 Å². The molecule has 1 heterocycles. The van der Waals surface area contributed by atoms with Gasteiger partial charge in [-0.3, -0.25) is 0 Å². The van der Waals surface area contributed by atoms with Crippen molar-refractivity contribution in [2.24, 2.45) is 13.0 Å². The number of urea groups is 1. The molecule has 2 N–H and O–H groups in total. The van der Waals surface area contributed by atoms with Gasteiger partial charge in [-0.25, -0.2) is 14.2 Å². The Bertz CT molecular complexity index is 742. The highest BCUT2D eigenvalue weighted by Crippen LogP contribution is 2.30. The normalized spacial score (nSPS) is 14.8. The fourth-order valence-corrected chi connectivity index (χ4v) is 2.45. The molecule has 2 amide bonds. The average molecular weight is 346 g/mol. The molecule has 0 saturated heterocycles. The summed E-state index contributed by atoms with van der Waals surface area (Å²) in [6.07, 6.45) is 5.81. The summed E-state index contributed by atoms with van der Waals surface area (Å²) in [6.45, 7) is 2.70. The van der Waals surface area contributed by atoms with Crippen LogP contribution in [0.4, 0.5) is 9.18 Å². The molecule has 7 heteroatoms. The maximum Gasteiger partial charge on any atom is 0.315 e. The van der Waals surface area contributed by atoms with E-state index >= 15 is 0 Å². The van der Waals surface area contributed by atoms with Crippen molar-refractivity contribution in [3.8, 4) is 5.75 Å². The van der Waals surface area contributed by atoms with Crippen LogP contribution in [0.1, 0.15) is 37.2 Å². The van der Waals surface area contributed by atoms with Gasteiger partial charge >= 0.3 is 6.03 Å². The van der Waals surface area contributed by atoms with E-state index in [2.05, 4.69) is 15.6 Å². The lowest BCUT2D eigenvalue weighted by Gasteiger charge is -2.16. The van der Waals surface area contributed by atoms with Crippen LogP contribution in [0.25, 0.3) is 0 Å². The van der Waals surface area contributed by atoms with Gasteiger partial charge in [0.25, 0.3) is 0 Å². The second kappa shape index (κ2) is 7.55. The number of imidazole rings is 1. The largest absolute Gasteiger partial charge is 0.490 e. The molecule has 1 aliphatic rings. The zero-order chi connectivity index (χ0) is 17.8. The molecule has 1 aromatic heterocycles. The van der Waals surface area contributed by atoms with Crippen LogP contribution in [0.3, 0.4) is 0 Å². The smallest absolute Gasteiger partial charge is 0.315 e. The summed E-state index contributed by atoms with van der Waals surface area (Å²) in [4.78, 5) is 16.1. The molecule has 0 radical (unpaired) electrons. The quantitative estimate of drug-likeness (QED) is 0.810. The first-order valence-corrected chi connectivity index (χ1v) is 8.45. The predicted octanol–water partition coefficient (Wildman–Crippen LogP) is 2.91. The Hall–Kier alpha value is -2.57. The third-order valence-corrected chi connectivity index (χ3v) is 4.30. The standard InChI is InChI=1S/C18H23FN4O2/c1-12(22-18(24)21-10-17-20-7-8-23(17)2)14-5-6-16(15(19)9-14)25-11-13-3-4-13/h5-9,12-13H,3-4,10-11H2,1-2H3,(H2,21,22,24)/t12-/m0/s1. The molecule has 0 unspecified atom stereocenters. The molecule has 134 valence electrons. The van der Waals surface area contributed by atoms with Crippen LogP contribution in [0.15, 0.2) is 30.6 Å². The van der Waals surface area contributed by atoms with E-state index in [0.29, 0.717) is 24.6 Å². The van der Waals surface area contributed by atoms with Crippen molar-refractivity contribution in [3.63, 3.8) is 0 Å². The van der Waals surface area contributed by atoms with Gasteiger partial charge in [0.2, 0.25) is 0 Å². The number of halogens is 1. The number of carbonyl (C=O) groups excluding carboxylic acids is 1. The van der Waals surface area contributed by atoms with Gasteiger partial charge in [0, 0.05) is 19.4 Å². The van der Waals surface area contributed by atoms with Gasteiger partial charge in [0.1, 0.15) is 5.82 Å². The van der Waals surface area contributed by atoms with E-state index in [-0.39, 0.29) is 17.8 Å². The molecule has 0 bridgehead atoms. The van der Waals surface area contributed by atoms with Crippen molar-refractivity contribution in [3.05, 3.63) is 47.8 Å². The summed E-state index contributed by atoms with van der Waals surface area (Å²) in [5.41, 5.74) is 0.684. The number of aromatic nitrogens is 2. The molecular weight excluding hydrogens is 323 g/mol. The molecule has 1 aromatic carbocycles. The van der Waals surface area contributed by atoms with Crippen molar-refractivity contribution in [2.75, 3.05) is 6.61 Å². The van der Waals surface area contributed by atoms with Crippen molar-refractivity contribution < 1.29 is 13.9 Å². The van der Waals surface area contributed by atoms with E-state index in [9.17, 15) is 9.18 Å². The molecule has 1 saturated carbocycles. The summed E-state index contributed by atoms with van der Waals surface area (Å²) in [7, 11) is 1.86. The van der Waals surface area contributed by atoms with E-state index in [1.807, 2.05) is 17.8 Å². The van der Waals surface area contributed by atoms with Gasteiger partial charge in [0.05, 0.1) is 19.2 Å². The van der Waals surface area contributed by atoms with Crippen molar-refractivity contribution in [1.82, 2.24) is 20.2 Å². The minimum atomic E-state index is -0.403. The fourth-order valence-electron chi connectivity index (χ4n) is 2.45. The second-order valence-electron chi connectivity index (χ2n) is 6.45. The van der Waals surface area contributed by atoms with Gasteiger partial charge in [-0.15, -0.1) is 0 Å². The number of carbonyl (C=O) groups is 1. The van der Waals surface area contributed by atoms with Gasteiger partial charge in [-0.2, -0.15) is 0 Å². The highest BCUT2D eigenvalue weighted by atomic mass is 19.1. The molecule has 1 atom stereocenters. The summed E-state index contributed by atoms with van der Waals surface area (Å²) in [5, 5.41) is 5.53. The van der Waals surface area contributed by atoms with Crippen molar-refractivity contribution >= 4 is 6.03 Å². The third-order valence-electron chi connectivity index (χ3n) is 4.30. The zero-order valence-corrected chi connectivity index (χ0v) is 14.5. The van der Waals surface area contributed by atoms with Crippen molar-refractivity contribution in [1.29, 1.82) is 0 Å². The minimum absolute atomic E-state index is 0.266. The van der Waals surface area contributed by atoms with Gasteiger partial charge < -0.3 is 19.9 Å². The fraction of sp³-hybridized carbons (Fsp3) is 0.444. The Morgan fingerprint density at radius 1 is 1.48 bits per heavy atom. The molecule has 25 heavy (non-hydrogen) atoms. The number of ether oxygens (including phenoxy) is 1. The molecule has 6 nitrogen and oxygen atoms in total. The lowest BCUT2D eigenvalue weighted by molar-refractivity contribution is 0.237. The van der Waals surface area contributed by atoms with Gasteiger partial charge in [0.15, 0.2) is 11.6 Å². The van der Waals surface area contributed by atoms with Gasteiger partial charge in [-0.05, 0) is 43.4 Å². The Kier molecular flexibility index (Phi) is 5.21. The number of nitrogens with one attached hydrogen (secondary N) is 2. The molecule has 0 aliphatic heterocycles. The van der Waals surface area contributed by atoms with Crippen LogP contribution in [-0.4, -0.2) is 22.2 Å². The monoisotopic (exact) mass is 346 g/mol. The Morgan fingerprint density at radius 3 is 2.92 bits per heavy atom. The summed E-state index contributed by atoms with van der Waals surface area (Å²) in [5.74, 6) is 1.19. The molecule has 3 rings (SSSR count). The van der Waals surface area contributed by atoms with Crippen LogP contribution >= 0.6 is 0 Å². The highest BCUT2D eigenvalue weighted by Gasteiger charge is 2.22. The Morgan fingerprint density at radius 2 is 2.28 bits per heavy atom. The average Bonchev–Trinajstić information content (AvgIpc) is 3.32. The van der Waals surface area contributed by atoms with Crippen LogP contribution in [0, 0.1) is 11.7 Å². The maximum absolute atomic E-state index is 14.1. The van der Waals surface area contributed by atoms with Crippen molar-refractivity contribution in [2.45, 2.75) is 32.4 Å². The number of nitrogens with zero attached hydrogens (tertiary/aromatic N) is 2. The lowest BCUT2D eigenvalue weighted by Crippen LogP contribution is -2.37. The van der Waals surface area contributed by atoms with E-state index in [4.69, 9.17) is 4.74 Å². The number of aryl methyl sites for hydroxylation is 1. The first-order valence-electron chi connectivity index (χ1n) is 8.45. The maximum atomic E-state index is 14.1. The second-order valence-corrected chi connectivity index (χ2v) is 6.45. The topological polar surface area (TPSA) is 68.2 Å². The molecular formula is C18H23FN4O2. The number of amides is 2. The summed E-state index contributed by atoms with van der Waals surface area (Å²) in [6, 6.07) is 4.15. The highest BCUT2D eigenvalue weighted by molar-refractivity contribution is 5.74. The summed E-state index contributed by atoms with van der Waals surface area (Å²) >= 11 is 0. The molecule has 2 aromatic rings.